The summed E-state index contributed by atoms with van der Waals surface area (Å²) < 4.78 is 0. The van der Waals surface area contributed by atoms with Crippen LogP contribution in [-0.2, 0) is 19.5 Å². The molecule has 0 aliphatic heterocycles. The van der Waals surface area contributed by atoms with Gasteiger partial charge in [-0.15, -0.1) is 0 Å². The molecule has 6 heteroatoms. The van der Waals surface area contributed by atoms with Gasteiger partial charge in [-0.2, -0.15) is 0 Å². The molecule has 0 aliphatic carbocycles. The van der Waals surface area contributed by atoms with E-state index in [9.17, 15) is 0 Å². The van der Waals surface area contributed by atoms with E-state index in [4.69, 9.17) is 0 Å². The number of rotatable bonds is 0. The Morgan fingerprint density at radius 3 is 0.500 bits per heavy atom. The molecule has 0 radical (unpaired) electrons. The molecule has 0 N–H and O–H groups in total. The molecule has 0 saturated carbocycles. The minimum Gasteiger partial charge on any atom is -3.00 e. The van der Waals surface area contributed by atoms with E-state index in [1.54, 1.807) is 0 Å². The molecular weight excluding hydrogens is 166 g/mol. The third-order valence-corrected chi connectivity index (χ3v) is 0. The van der Waals surface area contributed by atoms with Gasteiger partial charge in [0.1, 0.15) is 0 Å². The number of nitrogens with zero attached hydrogens (tertiary/aromatic N) is 2. The maximum absolute atomic E-state index is 0. The summed E-state index contributed by atoms with van der Waals surface area (Å²) in [7, 11) is 0. The van der Waals surface area contributed by atoms with Crippen LogP contribution in [0.15, 0.2) is 0 Å². The normalized spacial score (nSPS) is 0. The van der Waals surface area contributed by atoms with Crippen molar-refractivity contribution in [2.75, 3.05) is 0 Å². The summed E-state index contributed by atoms with van der Waals surface area (Å²) in [5, 5.41) is 0. The average Bonchev–Trinajstić information content (AvgIpc) is 0. The first-order valence-corrected chi connectivity index (χ1v) is 0. The third kappa shape index (κ3) is 28.9. The molecule has 2 nitrogen and oxygen atoms in total. The van der Waals surface area contributed by atoms with Crippen LogP contribution >= 0.6 is 0 Å². The van der Waals surface area contributed by atoms with E-state index in [0.717, 1.165) is 0 Å². The molecule has 6 heavy (non-hydrogen) atoms. The Balaban J connectivity index is 0. The summed E-state index contributed by atoms with van der Waals surface area (Å²) in [6.07, 6.45) is 0. The molecular formula is Mg3N2Zn. The Labute approximate surface area is 99.3 Å². The molecule has 0 aromatic rings. The summed E-state index contributed by atoms with van der Waals surface area (Å²) in [5.74, 6) is 0. The van der Waals surface area contributed by atoms with Crippen molar-refractivity contribution in [3.05, 3.63) is 12.3 Å². The zero-order chi connectivity index (χ0) is 0. The van der Waals surface area contributed by atoms with Gasteiger partial charge in [-0.1, -0.05) is 0 Å². The Hall–Kier alpha value is 2.84. The maximum Gasteiger partial charge on any atom is 2.00 e. The topological polar surface area (TPSA) is 61.0 Å². The fourth-order valence-electron chi connectivity index (χ4n) is 0. The number of hydrogen-bond acceptors (Lipinski definition) is 0. The van der Waals surface area contributed by atoms with Crippen LogP contribution in [0.5, 0.6) is 0 Å². The van der Waals surface area contributed by atoms with E-state index in [2.05, 4.69) is 0 Å². The molecule has 0 aromatic heterocycles. The second-order valence-corrected chi connectivity index (χ2v) is 0. The van der Waals surface area contributed by atoms with Crippen LogP contribution in [-0.4, -0.2) is 69.2 Å². The Morgan fingerprint density at radius 2 is 0.500 bits per heavy atom. The molecule has 0 atom stereocenters. The predicted octanol–water partition coefficient (Wildman–Crippen LogP) is -0.568. The van der Waals surface area contributed by atoms with Gasteiger partial charge in [0.25, 0.3) is 0 Å². The fraction of sp³-hybridized carbons (Fsp3) is 0. The predicted molar refractivity (Wildman–Crippen MR) is 24.0 cm³/mol. The molecule has 0 heterocycles. The monoisotopic (exact) mass is 164 g/mol. The van der Waals surface area contributed by atoms with Crippen LogP contribution in [0.4, 0.5) is 0 Å². The van der Waals surface area contributed by atoms with Crippen LogP contribution in [0.2, 0.25) is 0 Å². The van der Waals surface area contributed by atoms with Gasteiger partial charge < -0.3 is 12.3 Å². The van der Waals surface area contributed by atoms with Gasteiger partial charge in [0.05, 0.1) is 0 Å². The van der Waals surface area contributed by atoms with Crippen molar-refractivity contribution in [1.29, 1.82) is 0 Å². The minimum absolute atomic E-state index is 0. The van der Waals surface area contributed by atoms with Gasteiger partial charge in [-0.25, -0.2) is 0 Å². The van der Waals surface area contributed by atoms with Crippen LogP contribution in [0.3, 0.4) is 0 Å². The van der Waals surface area contributed by atoms with Crippen LogP contribution in [0, 0.1) is 0 Å². The third-order valence-electron chi connectivity index (χ3n) is 0. The SMILES string of the molecule is [Mg+2].[Mg+2].[Mg+2].[N-3].[N-3].[Zn]. The molecule has 0 fully saturated rings. The zero-order valence-electron chi connectivity index (χ0n) is 3.72. The first-order chi connectivity index (χ1) is 0. The first-order valence-electron chi connectivity index (χ1n) is 0. The molecule has 18 valence electrons. The molecule has 0 bridgehead atoms. The molecule has 0 aliphatic rings. The smallest absolute Gasteiger partial charge is 2.00 e. The summed E-state index contributed by atoms with van der Waals surface area (Å²) in [6.45, 7) is 0. The zero-order valence-corrected chi connectivity index (χ0v) is 10.9. The fourth-order valence-corrected chi connectivity index (χ4v) is 0. The summed E-state index contributed by atoms with van der Waals surface area (Å²) in [5.41, 5.74) is 0. The molecule has 0 aromatic carbocycles. The first kappa shape index (κ1) is 67.3. The van der Waals surface area contributed by atoms with Gasteiger partial charge in [-0.05, 0) is 0 Å². The van der Waals surface area contributed by atoms with Gasteiger partial charge >= 0.3 is 69.2 Å². The van der Waals surface area contributed by atoms with Gasteiger partial charge in [0, 0.05) is 19.5 Å². The molecule has 0 amide bonds. The summed E-state index contributed by atoms with van der Waals surface area (Å²) in [6, 6.07) is 0. The van der Waals surface area contributed by atoms with Gasteiger partial charge in [-0.3, -0.25) is 0 Å². The van der Waals surface area contributed by atoms with Crippen molar-refractivity contribution in [3.8, 4) is 0 Å². The Kier molecular flexibility index (Phi) is 510. The van der Waals surface area contributed by atoms with Gasteiger partial charge in [0.15, 0.2) is 0 Å². The van der Waals surface area contributed by atoms with E-state index in [-0.39, 0.29) is 101 Å². The van der Waals surface area contributed by atoms with Crippen molar-refractivity contribution < 1.29 is 19.5 Å². The average molecular weight is 166 g/mol. The largest absolute Gasteiger partial charge is 3.00 e. The van der Waals surface area contributed by atoms with E-state index < -0.39 is 0 Å². The quantitative estimate of drug-likeness (QED) is 0.433. The standard InChI is InChI=1S/3Mg.2N.Zn/q3*+2;2*-3;. The Bertz CT molecular complexity index is 8.75. The van der Waals surface area contributed by atoms with Crippen molar-refractivity contribution in [1.82, 2.24) is 0 Å². The maximum atomic E-state index is 0. The van der Waals surface area contributed by atoms with Crippen LogP contribution < -0.4 is 0 Å². The van der Waals surface area contributed by atoms with Crippen molar-refractivity contribution in [3.63, 3.8) is 0 Å². The van der Waals surface area contributed by atoms with E-state index in [0.29, 0.717) is 0 Å². The van der Waals surface area contributed by atoms with Gasteiger partial charge in [0.2, 0.25) is 0 Å². The Morgan fingerprint density at radius 1 is 0.500 bits per heavy atom. The van der Waals surface area contributed by atoms with Crippen molar-refractivity contribution in [2.24, 2.45) is 0 Å². The van der Waals surface area contributed by atoms with Crippen LogP contribution in [0.25, 0.3) is 12.3 Å². The summed E-state index contributed by atoms with van der Waals surface area (Å²) in [4.78, 5) is 0. The molecule has 0 rings (SSSR count). The molecule has 0 unspecified atom stereocenters. The van der Waals surface area contributed by atoms with E-state index >= 15 is 0 Å². The van der Waals surface area contributed by atoms with E-state index in [1.807, 2.05) is 0 Å². The minimum atomic E-state index is 0. The number of hydrogen-bond donors (Lipinski definition) is 0. The summed E-state index contributed by atoms with van der Waals surface area (Å²) >= 11 is 0. The van der Waals surface area contributed by atoms with E-state index in [1.165, 1.54) is 0 Å². The molecule has 0 spiro atoms. The van der Waals surface area contributed by atoms with Crippen molar-refractivity contribution in [2.45, 2.75) is 0 Å². The van der Waals surface area contributed by atoms with Crippen molar-refractivity contribution >= 4 is 69.2 Å². The molecule has 0 saturated heterocycles. The van der Waals surface area contributed by atoms with Crippen LogP contribution in [0.1, 0.15) is 0 Å². The second kappa shape index (κ2) is 45.5. The second-order valence-electron chi connectivity index (χ2n) is 0.